The van der Waals surface area contributed by atoms with Crippen LogP contribution in [0.5, 0.6) is 11.5 Å². The number of carbonyl (C=O) groups excluding carboxylic acids is 1. The summed E-state index contributed by atoms with van der Waals surface area (Å²) in [4.78, 5) is 21.4. The number of para-hydroxylation sites is 2. The van der Waals surface area contributed by atoms with Crippen LogP contribution in [0.25, 0.3) is 10.9 Å². The van der Waals surface area contributed by atoms with Crippen molar-refractivity contribution in [1.29, 1.82) is 0 Å². The Kier molecular flexibility index (Phi) is 10.5. The van der Waals surface area contributed by atoms with Crippen molar-refractivity contribution >= 4 is 44.2 Å². The van der Waals surface area contributed by atoms with Gasteiger partial charge in [0.2, 0.25) is 0 Å². The second-order valence-electron chi connectivity index (χ2n) is 13.6. The molecular weight excluding hydrogens is 700 g/mol. The second kappa shape index (κ2) is 15.2. The van der Waals surface area contributed by atoms with Crippen molar-refractivity contribution < 1.29 is 27.6 Å². The normalized spacial score (nSPS) is 17.2. The highest BCUT2D eigenvalue weighted by molar-refractivity contribution is 7.86. The fourth-order valence-electron chi connectivity index (χ4n) is 7.70. The number of hydrogen-bond donors (Lipinski definition) is 2. The third-order valence-electron chi connectivity index (χ3n) is 10.1. The van der Waals surface area contributed by atoms with Crippen LogP contribution in [0.15, 0.2) is 97.1 Å². The van der Waals surface area contributed by atoms with Crippen molar-refractivity contribution in [2.24, 2.45) is 0 Å². The first-order valence-electron chi connectivity index (χ1n) is 17.7. The zero-order chi connectivity index (χ0) is 36.4. The summed E-state index contributed by atoms with van der Waals surface area (Å²) in [6, 6.07) is 29.2. The lowest BCUT2D eigenvalue weighted by Crippen LogP contribution is -2.57. The van der Waals surface area contributed by atoms with Crippen LogP contribution >= 0.6 is 11.6 Å². The van der Waals surface area contributed by atoms with Gasteiger partial charge in [-0.1, -0.05) is 72.6 Å². The Hall–Kier alpha value is -4.55. The van der Waals surface area contributed by atoms with Gasteiger partial charge in [-0.25, -0.2) is 4.18 Å². The molecule has 2 fully saturated rings. The molecule has 0 saturated carbocycles. The highest BCUT2D eigenvalue weighted by atomic mass is 35.5. The molecule has 1 amide bonds. The van der Waals surface area contributed by atoms with E-state index in [1.165, 1.54) is 11.3 Å². The number of anilines is 1. The van der Waals surface area contributed by atoms with E-state index in [0.29, 0.717) is 23.8 Å². The van der Waals surface area contributed by atoms with Crippen LogP contribution in [-0.4, -0.2) is 90.7 Å². The molecule has 2 aliphatic heterocycles. The molecule has 2 N–H and O–H groups in total. The molecule has 0 spiro atoms. The molecule has 0 aliphatic carbocycles. The molecule has 5 aromatic rings. The molecule has 1 unspecified atom stereocenters. The summed E-state index contributed by atoms with van der Waals surface area (Å²) < 4.78 is 33.3. The molecule has 4 aromatic carbocycles. The van der Waals surface area contributed by atoms with Crippen molar-refractivity contribution in [3.05, 3.63) is 124 Å². The van der Waals surface area contributed by atoms with E-state index in [9.17, 15) is 18.6 Å². The van der Waals surface area contributed by atoms with Crippen molar-refractivity contribution in [3.63, 3.8) is 0 Å². The molecule has 52 heavy (non-hydrogen) atoms. The van der Waals surface area contributed by atoms with Gasteiger partial charge in [0.1, 0.15) is 17.2 Å². The molecular formula is C40H43ClN4O6S. The van der Waals surface area contributed by atoms with Crippen molar-refractivity contribution in [2.75, 3.05) is 50.4 Å². The molecule has 1 aromatic heterocycles. The Balaban J connectivity index is 1.41. The summed E-state index contributed by atoms with van der Waals surface area (Å²) in [5, 5.41) is 21.9. The van der Waals surface area contributed by atoms with E-state index in [-0.39, 0.29) is 30.5 Å². The van der Waals surface area contributed by atoms with Crippen LogP contribution in [-0.2, 0) is 20.8 Å². The highest BCUT2D eigenvalue weighted by Crippen LogP contribution is 2.42. The van der Waals surface area contributed by atoms with E-state index in [4.69, 9.17) is 15.8 Å². The fourth-order valence-corrected chi connectivity index (χ4v) is 8.52. The first-order valence-corrected chi connectivity index (χ1v) is 19.9. The first-order chi connectivity index (χ1) is 25.1. The minimum absolute atomic E-state index is 0.0885. The summed E-state index contributed by atoms with van der Waals surface area (Å²) in [5.41, 5.74) is 4.48. The summed E-state index contributed by atoms with van der Waals surface area (Å²) in [5.74, 6) is -0.601. The van der Waals surface area contributed by atoms with Gasteiger partial charge in [0.25, 0.3) is 16.0 Å². The van der Waals surface area contributed by atoms with Gasteiger partial charge in [0.05, 0.1) is 23.5 Å². The van der Waals surface area contributed by atoms with Crippen LogP contribution in [0.2, 0.25) is 5.02 Å². The van der Waals surface area contributed by atoms with Gasteiger partial charge in [-0.05, 0) is 79.5 Å². The number of benzene rings is 4. The Morgan fingerprint density at radius 1 is 0.808 bits per heavy atom. The van der Waals surface area contributed by atoms with Gasteiger partial charge >= 0.3 is 0 Å². The lowest BCUT2D eigenvalue weighted by Gasteiger charge is -2.42. The number of carbonyl (C=O) groups is 1. The minimum atomic E-state index is -3.98. The molecule has 2 saturated heterocycles. The predicted molar refractivity (Wildman–Crippen MR) is 204 cm³/mol. The third-order valence-corrected chi connectivity index (χ3v) is 11.0. The number of aromatic hydroxyl groups is 2. The quantitative estimate of drug-likeness (QED) is 0.153. The fraction of sp³-hybridized carbons (Fsp3) is 0.325. The van der Waals surface area contributed by atoms with Crippen molar-refractivity contribution in [1.82, 2.24) is 14.4 Å². The Bertz CT molecular complexity index is 2100. The number of nitrogens with zero attached hydrogens (tertiary/aromatic N) is 4. The number of halogens is 1. The SMILES string of the molecule is CS(=O)(=O)OC1CN(c2ccccc2Cl)CCN1C(=O)c1c(C(c2ccc(O)cc2)c2ccc(O)cc2)c2ccccc2n1CCN1CCCCC1. The summed E-state index contributed by atoms with van der Waals surface area (Å²) in [6.07, 6.45) is 3.34. The molecule has 7 rings (SSSR count). The van der Waals surface area contributed by atoms with E-state index in [2.05, 4.69) is 9.47 Å². The number of phenolic OH excluding ortho intramolecular Hbond substituents is 2. The Morgan fingerprint density at radius 3 is 2.06 bits per heavy atom. The number of amides is 1. The van der Waals surface area contributed by atoms with Gasteiger partial charge in [-0.15, -0.1) is 0 Å². The topological polar surface area (TPSA) is 116 Å². The number of fused-ring (bicyclic) bond motifs is 1. The van der Waals surface area contributed by atoms with E-state index < -0.39 is 22.3 Å². The molecule has 0 bridgehead atoms. The highest BCUT2D eigenvalue weighted by Gasteiger charge is 2.39. The van der Waals surface area contributed by atoms with Gasteiger partial charge in [0.15, 0.2) is 6.23 Å². The van der Waals surface area contributed by atoms with E-state index in [1.54, 1.807) is 30.3 Å². The van der Waals surface area contributed by atoms with Crippen LogP contribution in [0.3, 0.4) is 0 Å². The van der Waals surface area contributed by atoms with Crippen molar-refractivity contribution in [3.8, 4) is 11.5 Å². The maximum atomic E-state index is 15.4. The number of likely N-dealkylation sites (tertiary alicyclic amines) is 1. The number of hydrogen-bond acceptors (Lipinski definition) is 8. The summed E-state index contributed by atoms with van der Waals surface area (Å²) in [7, 11) is -3.98. The molecule has 272 valence electrons. The molecule has 1 atom stereocenters. The number of piperazine rings is 1. The van der Waals surface area contributed by atoms with Gasteiger partial charge < -0.3 is 29.5 Å². The van der Waals surface area contributed by atoms with Crippen LogP contribution in [0.1, 0.15) is 52.4 Å². The van der Waals surface area contributed by atoms with Crippen LogP contribution < -0.4 is 4.90 Å². The smallest absolute Gasteiger partial charge is 0.273 e. The average Bonchev–Trinajstić information content (AvgIpc) is 3.46. The van der Waals surface area contributed by atoms with Crippen LogP contribution in [0.4, 0.5) is 5.69 Å². The summed E-state index contributed by atoms with van der Waals surface area (Å²) >= 11 is 6.57. The van der Waals surface area contributed by atoms with Gasteiger partial charge in [-0.3, -0.25) is 4.79 Å². The Morgan fingerprint density at radius 2 is 1.42 bits per heavy atom. The van der Waals surface area contributed by atoms with Gasteiger partial charge in [-0.2, -0.15) is 8.42 Å². The zero-order valence-electron chi connectivity index (χ0n) is 29.1. The number of aromatic nitrogens is 1. The number of rotatable bonds is 10. The van der Waals surface area contributed by atoms with Crippen molar-refractivity contribution in [2.45, 2.75) is 38.0 Å². The molecule has 10 nitrogen and oxygen atoms in total. The largest absolute Gasteiger partial charge is 0.508 e. The van der Waals surface area contributed by atoms with E-state index in [1.807, 2.05) is 71.6 Å². The third kappa shape index (κ3) is 7.64. The van der Waals surface area contributed by atoms with E-state index >= 15 is 4.79 Å². The maximum Gasteiger partial charge on any atom is 0.273 e. The van der Waals surface area contributed by atoms with Gasteiger partial charge in [0, 0.05) is 48.6 Å². The second-order valence-corrected chi connectivity index (χ2v) is 15.6. The molecule has 12 heteroatoms. The predicted octanol–water partition coefficient (Wildman–Crippen LogP) is 6.64. The number of piperidine rings is 1. The lowest BCUT2D eigenvalue weighted by atomic mass is 9.83. The molecule has 3 heterocycles. The lowest BCUT2D eigenvalue weighted by molar-refractivity contribution is 0.0190. The maximum absolute atomic E-state index is 15.4. The minimum Gasteiger partial charge on any atom is -0.508 e. The Labute approximate surface area is 309 Å². The monoisotopic (exact) mass is 742 g/mol. The summed E-state index contributed by atoms with van der Waals surface area (Å²) in [6.45, 7) is 3.94. The average molecular weight is 743 g/mol. The zero-order valence-corrected chi connectivity index (χ0v) is 30.6. The van der Waals surface area contributed by atoms with Crippen LogP contribution in [0, 0.1) is 0 Å². The first kappa shape index (κ1) is 35.8. The molecule has 0 radical (unpaired) electrons. The standard InChI is InChI=1S/C40H43ClN4O6S/c1-52(49,50)51-36-27-43(35-12-6-4-10-33(35)41)24-26-45(36)40(48)39-38(37(28-13-17-30(46)18-14-28)29-15-19-31(47)20-16-29)32-9-3-5-11-34(32)44(39)25-23-42-21-7-2-8-22-42/h3-6,9-20,36-37,46-47H,2,7-8,21-27H2,1H3. The number of phenols is 2. The molecule has 2 aliphatic rings. The van der Waals surface area contributed by atoms with E-state index in [0.717, 1.165) is 72.0 Å².